The minimum Gasteiger partial charge on any atom is -0.333 e. The highest BCUT2D eigenvalue weighted by molar-refractivity contribution is 8.14. The highest BCUT2D eigenvalue weighted by atomic mass is 32.2. The highest BCUT2D eigenvalue weighted by Crippen LogP contribution is 2.27. The zero-order valence-electron chi connectivity index (χ0n) is 9.95. The van der Waals surface area contributed by atoms with E-state index in [1.807, 2.05) is 19.1 Å². The average Bonchev–Trinajstić information content (AvgIpc) is 2.20. The fourth-order valence-corrected chi connectivity index (χ4v) is 2.84. The maximum atomic E-state index is 4.69. The Morgan fingerprint density at radius 2 is 2.25 bits per heavy atom. The monoisotopic (exact) mass is 235 g/mol. The van der Waals surface area contributed by atoms with Crippen LogP contribution in [0.5, 0.6) is 0 Å². The van der Waals surface area contributed by atoms with E-state index in [4.69, 9.17) is 4.99 Å². The largest absolute Gasteiger partial charge is 0.333 e. The molecule has 0 spiro atoms. The number of pyridine rings is 1. The molecule has 2 rings (SSSR count). The predicted molar refractivity (Wildman–Crippen MR) is 71.2 cm³/mol. The molecule has 4 heteroatoms. The van der Waals surface area contributed by atoms with E-state index in [0.29, 0.717) is 0 Å². The van der Waals surface area contributed by atoms with Crippen LogP contribution in [0.15, 0.2) is 23.3 Å². The second kappa shape index (κ2) is 4.45. The van der Waals surface area contributed by atoms with Crippen LogP contribution in [-0.2, 0) is 0 Å². The van der Waals surface area contributed by atoms with Gasteiger partial charge in [0.15, 0.2) is 5.17 Å². The van der Waals surface area contributed by atoms with Gasteiger partial charge in [-0.25, -0.2) is 0 Å². The van der Waals surface area contributed by atoms with Crippen LogP contribution in [-0.4, -0.2) is 21.4 Å². The standard InChI is InChI=1S/C12H17N3S/c1-9-10(5-4-7-13-9)14-11-15-12(2,3)6-8-16-11/h4-5,7H,6,8H2,1-3H3,(H,14,15). The van der Waals surface area contributed by atoms with Crippen molar-refractivity contribution >= 4 is 22.6 Å². The molecule has 86 valence electrons. The lowest BCUT2D eigenvalue weighted by Gasteiger charge is -2.26. The van der Waals surface area contributed by atoms with E-state index in [0.717, 1.165) is 28.7 Å². The molecule has 0 radical (unpaired) electrons. The molecule has 1 aromatic rings. The van der Waals surface area contributed by atoms with Crippen LogP contribution in [0, 0.1) is 6.92 Å². The summed E-state index contributed by atoms with van der Waals surface area (Å²) in [6, 6.07) is 3.97. The van der Waals surface area contributed by atoms with Gasteiger partial charge in [0.2, 0.25) is 0 Å². The van der Waals surface area contributed by atoms with Crippen molar-refractivity contribution in [3.63, 3.8) is 0 Å². The van der Waals surface area contributed by atoms with Gasteiger partial charge in [-0.05, 0) is 39.3 Å². The van der Waals surface area contributed by atoms with Crippen LogP contribution in [0.25, 0.3) is 0 Å². The van der Waals surface area contributed by atoms with Crippen LogP contribution in [0.2, 0.25) is 0 Å². The normalized spacial score (nSPS) is 19.1. The number of amidine groups is 1. The van der Waals surface area contributed by atoms with Crippen molar-refractivity contribution in [3.05, 3.63) is 24.0 Å². The quantitative estimate of drug-likeness (QED) is 0.813. The van der Waals surface area contributed by atoms with Crippen molar-refractivity contribution in [2.75, 3.05) is 11.1 Å². The number of hydrogen-bond acceptors (Lipinski definition) is 4. The van der Waals surface area contributed by atoms with Gasteiger partial charge in [-0.2, -0.15) is 0 Å². The van der Waals surface area contributed by atoms with E-state index in [9.17, 15) is 0 Å². The summed E-state index contributed by atoms with van der Waals surface area (Å²) < 4.78 is 0. The van der Waals surface area contributed by atoms with E-state index in [1.165, 1.54) is 0 Å². The topological polar surface area (TPSA) is 37.3 Å². The summed E-state index contributed by atoms with van der Waals surface area (Å²) in [6.45, 7) is 6.34. The summed E-state index contributed by atoms with van der Waals surface area (Å²) in [5.41, 5.74) is 2.12. The summed E-state index contributed by atoms with van der Waals surface area (Å²) in [6.07, 6.45) is 2.94. The first kappa shape index (κ1) is 11.5. The van der Waals surface area contributed by atoms with E-state index >= 15 is 0 Å². The van der Waals surface area contributed by atoms with Crippen molar-refractivity contribution in [2.45, 2.75) is 32.7 Å². The Labute approximate surface area is 101 Å². The summed E-state index contributed by atoms with van der Waals surface area (Å²) in [4.78, 5) is 8.95. The second-order valence-corrected chi connectivity index (χ2v) is 5.67. The van der Waals surface area contributed by atoms with Crippen LogP contribution >= 0.6 is 11.8 Å². The highest BCUT2D eigenvalue weighted by Gasteiger charge is 2.22. The Morgan fingerprint density at radius 3 is 2.94 bits per heavy atom. The van der Waals surface area contributed by atoms with E-state index in [2.05, 4.69) is 24.1 Å². The second-order valence-electron chi connectivity index (χ2n) is 4.59. The molecule has 0 atom stereocenters. The lowest BCUT2D eigenvalue weighted by molar-refractivity contribution is 0.507. The number of hydrogen-bond donors (Lipinski definition) is 1. The molecule has 1 aromatic heterocycles. The first-order chi connectivity index (χ1) is 7.57. The zero-order chi connectivity index (χ0) is 11.6. The third kappa shape index (κ3) is 2.76. The van der Waals surface area contributed by atoms with Gasteiger partial charge in [0.1, 0.15) is 0 Å². The molecule has 1 N–H and O–H groups in total. The van der Waals surface area contributed by atoms with Gasteiger partial charge in [0.25, 0.3) is 0 Å². The lowest BCUT2D eigenvalue weighted by atomic mass is 10.0. The maximum Gasteiger partial charge on any atom is 0.161 e. The minimum atomic E-state index is 0.0592. The molecule has 0 unspecified atom stereocenters. The molecule has 0 saturated heterocycles. The number of anilines is 1. The maximum absolute atomic E-state index is 4.69. The van der Waals surface area contributed by atoms with Crippen molar-refractivity contribution in [1.29, 1.82) is 0 Å². The van der Waals surface area contributed by atoms with E-state index in [1.54, 1.807) is 18.0 Å². The molecule has 1 aliphatic heterocycles. The molecule has 0 bridgehead atoms. The van der Waals surface area contributed by atoms with Gasteiger partial charge in [-0.15, -0.1) is 0 Å². The first-order valence-electron chi connectivity index (χ1n) is 5.48. The molecule has 2 heterocycles. The van der Waals surface area contributed by atoms with E-state index < -0.39 is 0 Å². The smallest absolute Gasteiger partial charge is 0.161 e. The van der Waals surface area contributed by atoms with Crippen LogP contribution in [0.3, 0.4) is 0 Å². The van der Waals surface area contributed by atoms with Crippen molar-refractivity contribution in [1.82, 2.24) is 4.98 Å². The van der Waals surface area contributed by atoms with Gasteiger partial charge in [0.05, 0.1) is 16.9 Å². The Morgan fingerprint density at radius 1 is 1.44 bits per heavy atom. The molecule has 0 aliphatic carbocycles. The van der Waals surface area contributed by atoms with Crippen molar-refractivity contribution < 1.29 is 0 Å². The molecule has 0 fully saturated rings. The van der Waals surface area contributed by atoms with Crippen molar-refractivity contribution in [3.8, 4) is 0 Å². The fourth-order valence-electron chi connectivity index (χ4n) is 1.56. The van der Waals surface area contributed by atoms with Gasteiger partial charge in [-0.1, -0.05) is 11.8 Å². The van der Waals surface area contributed by atoms with Crippen LogP contribution in [0.4, 0.5) is 5.69 Å². The van der Waals surface area contributed by atoms with Gasteiger partial charge in [0, 0.05) is 11.9 Å². The molecule has 0 saturated carbocycles. The van der Waals surface area contributed by atoms with Crippen molar-refractivity contribution in [2.24, 2.45) is 4.99 Å². The molecule has 0 amide bonds. The molecule has 16 heavy (non-hydrogen) atoms. The number of aromatic nitrogens is 1. The number of rotatable bonds is 1. The Balaban J connectivity index is 2.16. The summed E-state index contributed by atoms with van der Waals surface area (Å²) in [7, 11) is 0. The molecule has 3 nitrogen and oxygen atoms in total. The molecule has 0 aromatic carbocycles. The van der Waals surface area contributed by atoms with Gasteiger partial charge < -0.3 is 5.32 Å². The Bertz CT molecular complexity index is 412. The van der Waals surface area contributed by atoms with E-state index in [-0.39, 0.29) is 5.54 Å². The number of nitrogens with one attached hydrogen (secondary N) is 1. The number of thioether (sulfide) groups is 1. The minimum absolute atomic E-state index is 0.0592. The lowest BCUT2D eigenvalue weighted by Crippen LogP contribution is -2.27. The molecular formula is C12H17N3S. The van der Waals surface area contributed by atoms with Crippen LogP contribution < -0.4 is 5.32 Å². The zero-order valence-corrected chi connectivity index (χ0v) is 10.8. The number of aryl methyl sites for hydroxylation is 1. The number of aliphatic imine (C=N–C) groups is 1. The summed E-state index contributed by atoms with van der Waals surface area (Å²) in [5.74, 6) is 1.12. The summed E-state index contributed by atoms with van der Waals surface area (Å²) >= 11 is 1.78. The Hall–Kier alpha value is -1.03. The predicted octanol–water partition coefficient (Wildman–Crippen LogP) is 3.07. The molecule has 1 aliphatic rings. The number of nitrogens with zero attached hydrogens (tertiary/aromatic N) is 2. The van der Waals surface area contributed by atoms with Crippen LogP contribution in [0.1, 0.15) is 26.0 Å². The van der Waals surface area contributed by atoms with Gasteiger partial charge >= 0.3 is 0 Å². The molecular weight excluding hydrogens is 218 g/mol. The van der Waals surface area contributed by atoms with Gasteiger partial charge in [-0.3, -0.25) is 9.98 Å². The third-order valence-corrected chi connectivity index (χ3v) is 3.48. The third-order valence-electron chi connectivity index (χ3n) is 2.61. The SMILES string of the molecule is Cc1ncccc1NC1=NC(C)(C)CCS1. The average molecular weight is 235 g/mol. The Kier molecular flexibility index (Phi) is 3.19. The fraction of sp³-hybridized carbons (Fsp3) is 0.500. The summed E-state index contributed by atoms with van der Waals surface area (Å²) in [5, 5.41) is 4.36. The first-order valence-corrected chi connectivity index (χ1v) is 6.47.